The van der Waals surface area contributed by atoms with Crippen molar-refractivity contribution in [2.45, 2.75) is 95.9 Å². The van der Waals surface area contributed by atoms with Gasteiger partial charge in [0.15, 0.2) is 18.2 Å². The minimum absolute atomic E-state index is 0.0349. The van der Waals surface area contributed by atoms with E-state index in [1.807, 2.05) is 13.0 Å². The Kier molecular flexibility index (Phi) is 6.38. The summed E-state index contributed by atoms with van der Waals surface area (Å²) < 4.78 is 17.5. The molecule has 0 bridgehead atoms. The summed E-state index contributed by atoms with van der Waals surface area (Å²) in [5, 5.41) is 33.0. The summed E-state index contributed by atoms with van der Waals surface area (Å²) in [6.07, 6.45) is 2.85. The summed E-state index contributed by atoms with van der Waals surface area (Å²) in [5.41, 5.74) is 1.04. The van der Waals surface area contributed by atoms with Crippen LogP contribution in [0.2, 0.25) is 0 Å². The molecule has 7 nitrogen and oxygen atoms in total. The number of aromatic hydroxyl groups is 1. The molecule has 32 heavy (non-hydrogen) atoms. The zero-order valence-corrected chi connectivity index (χ0v) is 19.2. The van der Waals surface area contributed by atoms with Gasteiger partial charge in [0, 0.05) is 23.3 Å². The summed E-state index contributed by atoms with van der Waals surface area (Å²) in [6, 6.07) is 1.90. The summed E-state index contributed by atoms with van der Waals surface area (Å²) in [7, 11) is 0. The van der Waals surface area contributed by atoms with Crippen molar-refractivity contribution >= 4 is 17.3 Å². The molecule has 1 unspecified atom stereocenters. The molecule has 0 aliphatic carbocycles. The number of hydrogen-bond donors (Lipinski definition) is 3. The van der Waals surface area contributed by atoms with Gasteiger partial charge in [-0.2, -0.15) is 0 Å². The number of aliphatic hydroxyl groups excluding tert-OH is 2. The Morgan fingerprint density at radius 1 is 1.28 bits per heavy atom. The molecule has 0 amide bonds. The standard InChI is InChI=1S/C25H34O7/c1-5-7-15(19-10-20(27)25(24(29)31-19)21(6-2)32-25)18-12-30-23-16(18)9-14(8-13(3)4)22(28)17(23)11-26/h9,11-13,15,19-21,24,27-29H,5-8,10H2,1-4H3/t15?,19-,20-,21+,24-,25-/m1/s1. The number of phenols is 1. The number of furan rings is 1. The fourth-order valence-electron chi connectivity index (χ4n) is 5.39. The van der Waals surface area contributed by atoms with E-state index in [1.54, 1.807) is 6.26 Å². The van der Waals surface area contributed by atoms with Gasteiger partial charge in [-0.15, -0.1) is 0 Å². The van der Waals surface area contributed by atoms with Crippen molar-refractivity contribution in [3.05, 3.63) is 29.0 Å². The number of fused-ring (bicyclic) bond motifs is 1. The maximum Gasteiger partial charge on any atom is 0.189 e. The van der Waals surface area contributed by atoms with E-state index in [9.17, 15) is 20.1 Å². The van der Waals surface area contributed by atoms with Gasteiger partial charge in [-0.3, -0.25) is 4.79 Å². The number of benzene rings is 1. The Morgan fingerprint density at radius 2 is 2.03 bits per heavy atom. The molecular formula is C25H34O7. The van der Waals surface area contributed by atoms with Gasteiger partial charge in [0.2, 0.25) is 0 Å². The topological polar surface area (TPSA) is 113 Å². The highest BCUT2D eigenvalue weighted by atomic mass is 16.7. The van der Waals surface area contributed by atoms with Crippen LogP contribution in [0.3, 0.4) is 0 Å². The molecule has 2 saturated heterocycles. The van der Waals surface area contributed by atoms with E-state index in [1.165, 1.54) is 0 Å². The predicted molar refractivity (Wildman–Crippen MR) is 119 cm³/mol. The second kappa shape index (κ2) is 8.78. The third kappa shape index (κ3) is 3.65. The molecule has 2 fully saturated rings. The third-order valence-corrected chi connectivity index (χ3v) is 7.01. The van der Waals surface area contributed by atoms with E-state index >= 15 is 0 Å². The van der Waals surface area contributed by atoms with Crippen LogP contribution >= 0.6 is 0 Å². The van der Waals surface area contributed by atoms with Gasteiger partial charge in [0.1, 0.15) is 11.3 Å². The van der Waals surface area contributed by atoms with E-state index in [2.05, 4.69) is 20.8 Å². The quantitative estimate of drug-likeness (QED) is 0.414. The lowest BCUT2D eigenvalue weighted by molar-refractivity contribution is -0.236. The van der Waals surface area contributed by atoms with E-state index < -0.39 is 24.1 Å². The van der Waals surface area contributed by atoms with Crippen molar-refractivity contribution in [2.24, 2.45) is 5.92 Å². The van der Waals surface area contributed by atoms with Gasteiger partial charge < -0.3 is 29.2 Å². The van der Waals surface area contributed by atoms with E-state index in [0.29, 0.717) is 42.6 Å². The van der Waals surface area contributed by atoms with Crippen LogP contribution in [-0.2, 0) is 15.9 Å². The number of carbonyl (C=O) groups excluding carboxylic acids is 1. The molecule has 176 valence electrons. The maximum atomic E-state index is 11.8. The zero-order valence-electron chi connectivity index (χ0n) is 19.2. The van der Waals surface area contributed by atoms with Crippen molar-refractivity contribution in [2.75, 3.05) is 0 Å². The highest BCUT2D eigenvalue weighted by Gasteiger charge is 2.68. The molecule has 1 aromatic carbocycles. The summed E-state index contributed by atoms with van der Waals surface area (Å²) in [6.45, 7) is 8.13. The van der Waals surface area contributed by atoms with Crippen LogP contribution < -0.4 is 0 Å². The first kappa shape index (κ1) is 23.2. The molecule has 2 aromatic rings. The highest BCUT2D eigenvalue weighted by Crippen LogP contribution is 2.51. The molecule has 2 aliphatic rings. The summed E-state index contributed by atoms with van der Waals surface area (Å²) >= 11 is 0. The minimum atomic E-state index is -1.20. The predicted octanol–water partition coefficient (Wildman–Crippen LogP) is 4.05. The fraction of sp³-hybridized carbons (Fsp3) is 0.640. The second-order valence-corrected chi connectivity index (χ2v) is 9.62. The molecule has 7 heteroatoms. The Bertz CT molecular complexity index is 966. The highest BCUT2D eigenvalue weighted by molar-refractivity contribution is 6.00. The van der Waals surface area contributed by atoms with E-state index in [4.69, 9.17) is 13.9 Å². The molecule has 3 N–H and O–H groups in total. The van der Waals surface area contributed by atoms with Crippen LogP contribution in [0.5, 0.6) is 5.75 Å². The van der Waals surface area contributed by atoms with Gasteiger partial charge >= 0.3 is 0 Å². The van der Waals surface area contributed by atoms with Crippen molar-refractivity contribution in [1.82, 2.24) is 0 Å². The largest absolute Gasteiger partial charge is 0.507 e. The molecular weight excluding hydrogens is 412 g/mol. The normalized spacial score (nSPS) is 30.8. The van der Waals surface area contributed by atoms with Crippen LogP contribution in [-0.4, -0.2) is 51.8 Å². The number of rotatable bonds is 8. The lowest BCUT2D eigenvalue weighted by Gasteiger charge is -2.39. The van der Waals surface area contributed by atoms with Gasteiger partial charge in [0.25, 0.3) is 0 Å². The Morgan fingerprint density at radius 3 is 2.59 bits per heavy atom. The smallest absolute Gasteiger partial charge is 0.189 e. The van der Waals surface area contributed by atoms with Crippen LogP contribution in [0.4, 0.5) is 0 Å². The molecule has 0 saturated carbocycles. The number of aldehydes is 1. The number of hydrogen-bond acceptors (Lipinski definition) is 7. The average molecular weight is 447 g/mol. The number of epoxide rings is 1. The molecule has 6 atom stereocenters. The molecule has 2 aliphatic heterocycles. The van der Waals surface area contributed by atoms with Gasteiger partial charge in [-0.05, 0) is 36.8 Å². The fourth-order valence-corrected chi connectivity index (χ4v) is 5.39. The van der Waals surface area contributed by atoms with Crippen LogP contribution in [0.1, 0.15) is 80.8 Å². The van der Waals surface area contributed by atoms with Crippen LogP contribution in [0.25, 0.3) is 11.0 Å². The molecule has 4 rings (SSSR count). The van der Waals surface area contributed by atoms with Crippen LogP contribution in [0.15, 0.2) is 16.7 Å². The van der Waals surface area contributed by atoms with Crippen LogP contribution in [0, 0.1) is 5.92 Å². The van der Waals surface area contributed by atoms with E-state index in [0.717, 1.165) is 23.8 Å². The second-order valence-electron chi connectivity index (χ2n) is 9.62. The first-order valence-electron chi connectivity index (χ1n) is 11.7. The van der Waals surface area contributed by atoms with E-state index in [-0.39, 0.29) is 23.3 Å². The SMILES string of the molecule is CCCC(c1coc2c(C=O)c(O)c(CC(C)C)cc12)[C@H]1C[C@@H](O)[C@]2(O[C@H]2CC)[C@H](O)O1. The molecule has 0 radical (unpaired) electrons. The van der Waals surface area contributed by atoms with Gasteiger partial charge in [-0.1, -0.05) is 34.1 Å². The Labute approximate surface area is 188 Å². The Balaban J connectivity index is 1.73. The van der Waals surface area contributed by atoms with Gasteiger partial charge in [-0.25, -0.2) is 0 Å². The summed E-state index contributed by atoms with van der Waals surface area (Å²) in [5.74, 6) is 0.109. The molecule has 1 spiro atoms. The monoisotopic (exact) mass is 446 g/mol. The first-order valence-corrected chi connectivity index (χ1v) is 11.7. The zero-order chi connectivity index (χ0) is 23.2. The number of aliphatic hydroxyl groups is 2. The van der Waals surface area contributed by atoms with Gasteiger partial charge in [0.05, 0.1) is 30.1 Å². The number of phenolic OH excluding ortho intramolecular Hbond substituents is 1. The minimum Gasteiger partial charge on any atom is -0.507 e. The lowest BCUT2D eigenvalue weighted by atomic mass is 9.80. The Hall–Kier alpha value is -1.93. The molecule has 1 aromatic heterocycles. The average Bonchev–Trinajstić information content (AvgIpc) is 3.36. The van der Waals surface area contributed by atoms with Crippen molar-refractivity contribution in [3.63, 3.8) is 0 Å². The maximum absolute atomic E-state index is 11.8. The third-order valence-electron chi connectivity index (χ3n) is 7.01. The number of ether oxygens (including phenoxy) is 2. The molecule has 3 heterocycles. The lowest BCUT2D eigenvalue weighted by Crippen LogP contribution is -2.53. The summed E-state index contributed by atoms with van der Waals surface area (Å²) in [4.78, 5) is 11.8. The number of carbonyl (C=O) groups is 1. The van der Waals surface area contributed by atoms with Crippen molar-refractivity contribution < 1.29 is 34.0 Å². The first-order chi connectivity index (χ1) is 15.3. The van der Waals surface area contributed by atoms with Crippen molar-refractivity contribution in [3.8, 4) is 5.75 Å². The van der Waals surface area contributed by atoms with Crippen molar-refractivity contribution in [1.29, 1.82) is 0 Å².